The highest BCUT2D eigenvalue weighted by molar-refractivity contribution is 5.49. The minimum Gasteiger partial charge on any atom is -0.393 e. The fourth-order valence-corrected chi connectivity index (χ4v) is 3.92. The lowest BCUT2D eigenvalue weighted by atomic mass is 10.1. The van der Waals surface area contributed by atoms with Crippen LogP contribution < -0.4 is 10.2 Å². The van der Waals surface area contributed by atoms with Crippen LogP contribution in [0.1, 0.15) is 51.0 Å². The minimum atomic E-state index is -0.226. The lowest BCUT2D eigenvalue weighted by molar-refractivity contribution is 0.145. The summed E-state index contributed by atoms with van der Waals surface area (Å²) in [5, 5.41) is 13.1. The van der Waals surface area contributed by atoms with E-state index in [0.29, 0.717) is 11.7 Å². The van der Waals surface area contributed by atoms with Crippen molar-refractivity contribution in [2.75, 3.05) is 18.0 Å². The predicted molar refractivity (Wildman–Crippen MR) is 92.1 cm³/mol. The molecule has 0 amide bonds. The highest BCUT2D eigenvalue weighted by Crippen LogP contribution is 2.28. The maximum Gasteiger partial charge on any atom is 0.146 e. The molecule has 2 aliphatic rings. The second kappa shape index (κ2) is 7.63. The first kappa shape index (κ1) is 16.7. The second-order valence-electron chi connectivity index (χ2n) is 7.17. The Labute approximate surface area is 138 Å². The van der Waals surface area contributed by atoms with Gasteiger partial charge in [0.25, 0.3) is 0 Å². The molecule has 4 heteroatoms. The molecule has 0 spiro atoms. The number of nitrogens with zero attached hydrogens (tertiary/aromatic N) is 1. The molecular formula is C19H29FN2O. The van der Waals surface area contributed by atoms with Crippen LogP contribution in [0, 0.1) is 11.7 Å². The number of hydrogen-bond acceptors (Lipinski definition) is 3. The Morgan fingerprint density at radius 1 is 1.22 bits per heavy atom. The molecule has 0 bridgehead atoms. The van der Waals surface area contributed by atoms with E-state index < -0.39 is 0 Å². The topological polar surface area (TPSA) is 35.5 Å². The van der Waals surface area contributed by atoms with Crippen LogP contribution in [0.3, 0.4) is 0 Å². The third-order valence-corrected chi connectivity index (χ3v) is 5.53. The first-order chi connectivity index (χ1) is 11.2. The van der Waals surface area contributed by atoms with Crippen LogP contribution in [-0.4, -0.2) is 30.3 Å². The van der Waals surface area contributed by atoms with Gasteiger partial charge in [0.05, 0.1) is 11.8 Å². The van der Waals surface area contributed by atoms with E-state index in [1.165, 1.54) is 25.7 Å². The zero-order chi connectivity index (χ0) is 16.2. The van der Waals surface area contributed by atoms with Crippen LogP contribution >= 0.6 is 0 Å². The highest BCUT2D eigenvalue weighted by Gasteiger charge is 2.23. The molecule has 0 aromatic heterocycles. The Morgan fingerprint density at radius 3 is 2.65 bits per heavy atom. The molecule has 1 aliphatic carbocycles. The van der Waals surface area contributed by atoms with Crippen molar-refractivity contribution in [3.05, 3.63) is 29.6 Å². The number of aliphatic hydroxyl groups excluding tert-OH is 1. The van der Waals surface area contributed by atoms with E-state index in [4.69, 9.17) is 0 Å². The third-order valence-electron chi connectivity index (χ3n) is 5.53. The van der Waals surface area contributed by atoms with Crippen molar-refractivity contribution in [3.8, 4) is 0 Å². The lowest BCUT2D eigenvalue weighted by Crippen LogP contribution is -2.36. The summed E-state index contributed by atoms with van der Waals surface area (Å²) < 4.78 is 14.4. The average Bonchev–Trinajstić information content (AvgIpc) is 3.02. The standard InChI is InChI=1S/C19H29FN2O/c1-2-14-3-5-16(11-14)21-13-15-4-6-19(18(20)12-15)22-9-7-17(23)8-10-22/h4,6,12,14,16-17,21,23H,2-3,5,7-11,13H2,1H3. The van der Waals surface area contributed by atoms with E-state index in [0.717, 1.165) is 44.0 Å². The van der Waals surface area contributed by atoms with Crippen molar-refractivity contribution in [3.63, 3.8) is 0 Å². The van der Waals surface area contributed by atoms with Crippen LogP contribution in [0.15, 0.2) is 18.2 Å². The Balaban J connectivity index is 1.54. The summed E-state index contributed by atoms with van der Waals surface area (Å²) in [6.45, 7) is 4.48. The van der Waals surface area contributed by atoms with Gasteiger partial charge in [-0.25, -0.2) is 4.39 Å². The minimum absolute atomic E-state index is 0.140. The van der Waals surface area contributed by atoms with Crippen LogP contribution in [0.2, 0.25) is 0 Å². The van der Waals surface area contributed by atoms with Gasteiger partial charge in [0, 0.05) is 25.7 Å². The highest BCUT2D eigenvalue weighted by atomic mass is 19.1. The Hall–Kier alpha value is -1.13. The summed E-state index contributed by atoms with van der Waals surface area (Å²) in [6.07, 6.45) is 6.32. The fraction of sp³-hybridized carbons (Fsp3) is 0.684. The number of nitrogens with one attached hydrogen (secondary N) is 1. The van der Waals surface area contributed by atoms with Gasteiger partial charge >= 0.3 is 0 Å². The number of piperidine rings is 1. The normalized spacial score (nSPS) is 26.0. The van der Waals surface area contributed by atoms with Crippen LogP contribution in [0.25, 0.3) is 0 Å². The summed E-state index contributed by atoms with van der Waals surface area (Å²) in [6, 6.07) is 6.18. The van der Waals surface area contributed by atoms with Gasteiger partial charge in [-0.05, 0) is 55.7 Å². The molecule has 1 saturated heterocycles. The van der Waals surface area contributed by atoms with Crippen molar-refractivity contribution < 1.29 is 9.50 Å². The van der Waals surface area contributed by atoms with Crippen molar-refractivity contribution >= 4 is 5.69 Å². The van der Waals surface area contributed by atoms with E-state index in [9.17, 15) is 9.50 Å². The van der Waals surface area contributed by atoms with Gasteiger partial charge in [-0.15, -0.1) is 0 Å². The monoisotopic (exact) mass is 320 g/mol. The molecule has 0 radical (unpaired) electrons. The van der Waals surface area contributed by atoms with Gasteiger partial charge in [0.1, 0.15) is 5.82 Å². The summed E-state index contributed by atoms with van der Waals surface area (Å²) >= 11 is 0. The van der Waals surface area contributed by atoms with Gasteiger partial charge in [-0.2, -0.15) is 0 Å². The molecule has 2 N–H and O–H groups in total. The molecule has 1 heterocycles. The Morgan fingerprint density at radius 2 is 2.00 bits per heavy atom. The van der Waals surface area contributed by atoms with E-state index in [-0.39, 0.29) is 11.9 Å². The summed E-state index contributed by atoms with van der Waals surface area (Å²) in [4.78, 5) is 2.04. The molecule has 3 nitrogen and oxygen atoms in total. The molecule has 1 aromatic carbocycles. The van der Waals surface area contributed by atoms with Crippen LogP contribution in [0.4, 0.5) is 10.1 Å². The molecular weight excluding hydrogens is 291 g/mol. The maximum atomic E-state index is 14.4. The molecule has 2 atom stereocenters. The van der Waals surface area contributed by atoms with Gasteiger partial charge in [-0.3, -0.25) is 0 Å². The van der Waals surface area contributed by atoms with Crippen molar-refractivity contribution in [2.24, 2.45) is 5.92 Å². The number of benzene rings is 1. The lowest BCUT2D eigenvalue weighted by Gasteiger charge is -2.31. The summed E-state index contributed by atoms with van der Waals surface area (Å²) in [7, 11) is 0. The van der Waals surface area contributed by atoms with Gasteiger partial charge in [0.15, 0.2) is 0 Å². The number of halogens is 1. The number of aliphatic hydroxyl groups is 1. The summed E-state index contributed by atoms with van der Waals surface area (Å²) in [5.41, 5.74) is 1.69. The smallest absolute Gasteiger partial charge is 0.146 e. The predicted octanol–water partition coefficient (Wildman–Crippen LogP) is 3.46. The Kier molecular flexibility index (Phi) is 5.54. The van der Waals surface area contributed by atoms with Gasteiger partial charge < -0.3 is 15.3 Å². The van der Waals surface area contributed by atoms with Gasteiger partial charge in [-0.1, -0.05) is 19.4 Å². The second-order valence-corrected chi connectivity index (χ2v) is 7.17. The van der Waals surface area contributed by atoms with Crippen LogP contribution in [0.5, 0.6) is 0 Å². The Bertz CT molecular complexity index is 514. The molecule has 3 rings (SSSR count). The van der Waals surface area contributed by atoms with E-state index >= 15 is 0 Å². The molecule has 23 heavy (non-hydrogen) atoms. The van der Waals surface area contributed by atoms with Crippen LogP contribution in [-0.2, 0) is 6.54 Å². The van der Waals surface area contributed by atoms with E-state index in [2.05, 4.69) is 12.2 Å². The van der Waals surface area contributed by atoms with E-state index in [1.54, 1.807) is 6.07 Å². The van der Waals surface area contributed by atoms with Crippen molar-refractivity contribution in [1.82, 2.24) is 5.32 Å². The zero-order valence-electron chi connectivity index (χ0n) is 14.1. The first-order valence-corrected chi connectivity index (χ1v) is 9.10. The fourth-order valence-electron chi connectivity index (χ4n) is 3.92. The van der Waals surface area contributed by atoms with Crippen molar-refractivity contribution in [1.29, 1.82) is 0 Å². The van der Waals surface area contributed by atoms with Gasteiger partial charge in [0.2, 0.25) is 0 Å². The largest absolute Gasteiger partial charge is 0.393 e. The average molecular weight is 320 g/mol. The quantitative estimate of drug-likeness (QED) is 0.872. The number of anilines is 1. The first-order valence-electron chi connectivity index (χ1n) is 9.10. The number of hydrogen-bond donors (Lipinski definition) is 2. The van der Waals surface area contributed by atoms with Crippen molar-refractivity contribution in [2.45, 2.75) is 64.1 Å². The zero-order valence-corrected chi connectivity index (χ0v) is 14.1. The molecule has 2 fully saturated rings. The summed E-state index contributed by atoms with van der Waals surface area (Å²) in [5.74, 6) is 0.722. The molecule has 128 valence electrons. The number of rotatable bonds is 5. The third kappa shape index (κ3) is 4.24. The molecule has 1 aromatic rings. The maximum absolute atomic E-state index is 14.4. The molecule has 1 saturated carbocycles. The van der Waals surface area contributed by atoms with E-state index in [1.807, 2.05) is 17.0 Å². The molecule has 1 aliphatic heterocycles. The molecule has 2 unspecified atom stereocenters. The SMILES string of the molecule is CCC1CCC(NCc2ccc(N3CCC(O)CC3)c(F)c2)C1.